The van der Waals surface area contributed by atoms with E-state index in [2.05, 4.69) is 16.0 Å². The van der Waals surface area contributed by atoms with Gasteiger partial charge in [0.15, 0.2) is 0 Å². The van der Waals surface area contributed by atoms with E-state index in [0.29, 0.717) is 63.1 Å². The number of carboxylic acids is 1. The number of unbranched alkanes of at least 4 members (excludes halogenated alkanes) is 2. The highest BCUT2D eigenvalue weighted by Crippen LogP contribution is 2.08. The Hall–Kier alpha value is -1.54. The summed E-state index contributed by atoms with van der Waals surface area (Å²) in [6.45, 7) is 0.947. The molecule has 0 bridgehead atoms. The van der Waals surface area contributed by atoms with Gasteiger partial charge in [-0.15, -0.1) is 0 Å². The van der Waals surface area contributed by atoms with E-state index >= 15 is 0 Å². The fourth-order valence-electron chi connectivity index (χ4n) is 3.22. The van der Waals surface area contributed by atoms with E-state index in [1.165, 1.54) is 23.5 Å². The topological polar surface area (TPSA) is 203 Å². The quantitative estimate of drug-likeness (QED) is 0.0947. The molecule has 0 fully saturated rings. The number of amides is 3. The van der Waals surface area contributed by atoms with Crippen LogP contribution in [0.1, 0.15) is 51.4 Å². The van der Waals surface area contributed by atoms with Crippen LogP contribution in [0.5, 0.6) is 0 Å². The lowest BCUT2D eigenvalue weighted by atomic mass is 10.1. The van der Waals surface area contributed by atoms with E-state index in [1.54, 1.807) is 0 Å². The predicted molar refractivity (Wildman–Crippen MR) is 143 cm³/mol. The van der Waals surface area contributed by atoms with Gasteiger partial charge in [-0.25, -0.2) is 4.79 Å². The van der Waals surface area contributed by atoms with E-state index in [4.69, 9.17) is 17.2 Å². The summed E-state index contributed by atoms with van der Waals surface area (Å²) < 4.78 is 0. The number of carbonyl (C=O) groups excluding carboxylic acids is 3. The third-order valence-electron chi connectivity index (χ3n) is 5.35. The van der Waals surface area contributed by atoms with Crippen molar-refractivity contribution in [3.63, 3.8) is 0 Å². The molecule has 0 radical (unpaired) electrons. The largest absolute Gasteiger partial charge is 0.480 e. The first-order chi connectivity index (χ1) is 16.7. The second-order valence-corrected chi connectivity index (χ2v) is 10.2. The zero-order valence-electron chi connectivity index (χ0n) is 20.9. The molecule has 0 rings (SSSR count). The number of aliphatic carboxylic acids is 1. The van der Waals surface area contributed by atoms with Gasteiger partial charge in [-0.05, 0) is 82.1 Å². The Morgan fingerprint density at radius 1 is 0.686 bits per heavy atom. The monoisotopic (exact) mass is 536 g/mol. The lowest BCUT2D eigenvalue weighted by Crippen LogP contribution is -2.57. The Kier molecular flexibility index (Phi) is 19.7. The molecule has 13 heteroatoms. The normalized spacial score (nSPS) is 14.4. The van der Waals surface area contributed by atoms with Crippen molar-refractivity contribution in [2.45, 2.75) is 75.5 Å². The van der Waals surface area contributed by atoms with Gasteiger partial charge in [-0.2, -0.15) is 23.5 Å². The van der Waals surface area contributed by atoms with Gasteiger partial charge >= 0.3 is 5.97 Å². The second-order valence-electron chi connectivity index (χ2n) is 8.26. The number of carbonyl (C=O) groups is 4. The smallest absolute Gasteiger partial charge is 0.326 e. The van der Waals surface area contributed by atoms with Crippen molar-refractivity contribution in [2.24, 2.45) is 17.2 Å². The maximum atomic E-state index is 13.1. The maximum Gasteiger partial charge on any atom is 0.326 e. The van der Waals surface area contributed by atoms with Crippen molar-refractivity contribution in [3.05, 3.63) is 0 Å². The minimum Gasteiger partial charge on any atom is -0.480 e. The molecule has 0 heterocycles. The molecule has 0 aliphatic heterocycles. The summed E-state index contributed by atoms with van der Waals surface area (Å²) in [5.74, 6) is -1.47. The van der Waals surface area contributed by atoms with E-state index in [-0.39, 0.29) is 6.42 Å². The van der Waals surface area contributed by atoms with Crippen LogP contribution in [0.15, 0.2) is 0 Å². The molecule has 10 N–H and O–H groups in total. The molecule has 0 aromatic rings. The van der Waals surface area contributed by atoms with Gasteiger partial charge in [0.2, 0.25) is 17.7 Å². The van der Waals surface area contributed by atoms with Crippen molar-refractivity contribution < 1.29 is 24.3 Å². The lowest BCUT2D eigenvalue weighted by Gasteiger charge is -2.25. The number of nitrogens with one attached hydrogen (secondary N) is 3. The van der Waals surface area contributed by atoms with Crippen LogP contribution in [0.25, 0.3) is 0 Å². The zero-order valence-corrected chi connectivity index (χ0v) is 22.6. The molecule has 0 aliphatic rings. The fourth-order valence-corrected chi connectivity index (χ4v) is 4.17. The Morgan fingerprint density at radius 2 is 1.11 bits per heavy atom. The number of nitrogens with two attached hydrogens (primary N) is 3. The highest BCUT2D eigenvalue weighted by Gasteiger charge is 2.29. The van der Waals surface area contributed by atoms with Crippen molar-refractivity contribution >= 4 is 47.2 Å². The predicted octanol–water partition coefficient (Wildman–Crippen LogP) is -0.383. The number of rotatable bonds is 21. The minimum absolute atomic E-state index is 0.264. The first kappa shape index (κ1) is 33.5. The summed E-state index contributed by atoms with van der Waals surface area (Å²) in [5, 5.41) is 17.4. The van der Waals surface area contributed by atoms with Crippen LogP contribution >= 0.6 is 23.5 Å². The summed E-state index contributed by atoms with van der Waals surface area (Å²) in [4.78, 5) is 50.1. The van der Waals surface area contributed by atoms with Crippen LogP contribution in [-0.4, -0.2) is 90.1 Å². The first-order valence-electron chi connectivity index (χ1n) is 12.0. The number of thioether (sulfide) groups is 2. The SMILES string of the molecule is CSCCC(NC(=O)C(CCCCN)NC(=O)C(CCSC)NC(=O)C(N)CCCCN)C(=O)O. The number of hydrogen-bond donors (Lipinski definition) is 7. The Balaban J connectivity index is 5.36. The standard InChI is InChI=1S/C22H44N6O5S2/c1-34-13-9-17(26-19(29)15(25)7-3-5-11-23)21(31)27-16(8-4-6-12-24)20(30)28-18(22(32)33)10-14-35-2/h15-18H,3-14,23-25H2,1-2H3,(H,26,29)(H,27,31)(H,28,30)(H,32,33). The second kappa shape index (κ2) is 20.6. The van der Waals surface area contributed by atoms with E-state index < -0.39 is 47.9 Å². The van der Waals surface area contributed by atoms with Gasteiger partial charge < -0.3 is 38.3 Å². The maximum absolute atomic E-state index is 13.1. The molecule has 0 spiro atoms. The van der Waals surface area contributed by atoms with Crippen LogP contribution < -0.4 is 33.2 Å². The highest BCUT2D eigenvalue weighted by atomic mass is 32.2. The molecule has 3 amide bonds. The fraction of sp³-hybridized carbons (Fsp3) is 0.818. The van der Waals surface area contributed by atoms with Crippen molar-refractivity contribution in [2.75, 3.05) is 37.1 Å². The third kappa shape index (κ3) is 15.2. The number of hydrogen-bond acceptors (Lipinski definition) is 9. The summed E-state index contributed by atoms with van der Waals surface area (Å²) in [7, 11) is 0. The van der Waals surface area contributed by atoms with Gasteiger partial charge in [0.25, 0.3) is 0 Å². The average Bonchev–Trinajstić information content (AvgIpc) is 2.83. The molecule has 4 atom stereocenters. The van der Waals surface area contributed by atoms with Crippen LogP contribution in [0.2, 0.25) is 0 Å². The van der Waals surface area contributed by atoms with E-state index in [0.717, 1.165) is 6.42 Å². The molecule has 35 heavy (non-hydrogen) atoms. The number of carboxylic acid groups (broad SMARTS) is 1. The molecule has 0 saturated heterocycles. The van der Waals surface area contributed by atoms with Crippen LogP contribution in [0.4, 0.5) is 0 Å². The molecule has 0 aliphatic carbocycles. The van der Waals surface area contributed by atoms with Gasteiger partial charge in [0, 0.05) is 0 Å². The van der Waals surface area contributed by atoms with Gasteiger partial charge in [-0.3, -0.25) is 14.4 Å². The molecule has 11 nitrogen and oxygen atoms in total. The molecular formula is C22H44N6O5S2. The highest BCUT2D eigenvalue weighted by molar-refractivity contribution is 7.98. The van der Waals surface area contributed by atoms with Crippen molar-refractivity contribution in [3.8, 4) is 0 Å². The van der Waals surface area contributed by atoms with Crippen LogP contribution in [-0.2, 0) is 19.2 Å². The van der Waals surface area contributed by atoms with Gasteiger partial charge in [-0.1, -0.05) is 6.42 Å². The molecular weight excluding hydrogens is 492 g/mol. The van der Waals surface area contributed by atoms with Gasteiger partial charge in [0.05, 0.1) is 6.04 Å². The summed E-state index contributed by atoms with van der Waals surface area (Å²) in [6, 6.07) is -3.63. The van der Waals surface area contributed by atoms with Gasteiger partial charge in [0.1, 0.15) is 18.1 Å². The summed E-state index contributed by atoms with van der Waals surface area (Å²) in [6.07, 6.45) is 7.80. The zero-order chi connectivity index (χ0) is 26.6. The molecule has 0 saturated carbocycles. The first-order valence-corrected chi connectivity index (χ1v) is 14.8. The summed E-state index contributed by atoms with van der Waals surface area (Å²) in [5.41, 5.74) is 17.0. The minimum atomic E-state index is -1.13. The molecule has 0 aromatic heterocycles. The summed E-state index contributed by atoms with van der Waals surface area (Å²) >= 11 is 3.00. The molecule has 204 valence electrons. The lowest BCUT2D eigenvalue weighted by molar-refractivity contribution is -0.142. The van der Waals surface area contributed by atoms with Crippen LogP contribution in [0, 0.1) is 0 Å². The van der Waals surface area contributed by atoms with E-state index in [1.807, 2.05) is 12.5 Å². The Bertz CT molecular complexity index is 643. The Morgan fingerprint density at radius 3 is 1.60 bits per heavy atom. The molecule has 0 aromatic carbocycles. The average molecular weight is 537 g/mol. The van der Waals surface area contributed by atoms with Crippen LogP contribution in [0.3, 0.4) is 0 Å². The van der Waals surface area contributed by atoms with E-state index in [9.17, 15) is 24.3 Å². The third-order valence-corrected chi connectivity index (χ3v) is 6.64. The Labute approximate surface area is 217 Å². The van der Waals surface area contributed by atoms with Crippen molar-refractivity contribution in [1.82, 2.24) is 16.0 Å². The van der Waals surface area contributed by atoms with Crippen molar-refractivity contribution in [1.29, 1.82) is 0 Å². The molecule has 4 unspecified atom stereocenters.